The van der Waals surface area contributed by atoms with E-state index in [2.05, 4.69) is 26.7 Å². The lowest BCUT2D eigenvalue weighted by molar-refractivity contribution is 0.409. The van der Waals surface area contributed by atoms with E-state index in [1.807, 2.05) is 35.0 Å². The Hall–Kier alpha value is -2.54. The van der Waals surface area contributed by atoms with E-state index in [1.54, 1.807) is 31.3 Å². The summed E-state index contributed by atoms with van der Waals surface area (Å²) in [6, 6.07) is 11.8. The summed E-state index contributed by atoms with van der Waals surface area (Å²) in [4.78, 5) is 4.03. The molecule has 1 unspecified atom stereocenters. The van der Waals surface area contributed by atoms with E-state index < -0.39 is 0 Å². The lowest BCUT2D eigenvalue weighted by Crippen LogP contribution is -2.14. The Morgan fingerprint density at radius 3 is 2.77 bits per heavy atom. The third kappa shape index (κ3) is 2.10. The van der Waals surface area contributed by atoms with Gasteiger partial charge in [-0.25, -0.2) is 4.68 Å². The Bertz CT molecular complexity index is 805. The van der Waals surface area contributed by atoms with Gasteiger partial charge in [0.15, 0.2) is 5.82 Å². The second-order valence-corrected chi connectivity index (χ2v) is 5.82. The van der Waals surface area contributed by atoms with Gasteiger partial charge in [-0.15, -0.1) is 10.2 Å². The highest BCUT2D eigenvalue weighted by Gasteiger charge is 2.29. The molecule has 110 valence electrons. The molecule has 1 N–H and O–H groups in total. The molecule has 1 aliphatic rings. The van der Waals surface area contributed by atoms with Gasteiger partial charge in [0.2, 0.25) is 5.16 Å². The summed E-state index contributed by atoms with van der Waals surface area (Å²) in [5.74, 6) is 1.64. The van der Waals surface area contributed by atoms with Gasteiger partial charge in [0.1, 0.15) is 11.1 Å². The van der Waals surface area contributed by atoms with Gasteiger partial charge < -0.3 is 10.2 Å². The number of rotatable bonds is 3. The highest BCUT2D eigenvalue weighted by molar-refractivity contribution is 7.99. The average Bonchev–Trinajstić information content (AvgIpc) is 3.16. The van der Waals surface area contributed by atoms with Crippen LogP contribution in [0.3, 0.4) is 0 Å². The van der Waals surface area contributed by atoms with Crippen LogP contribution in [0.25, 0.3) is 11.4 Å². The first-order valence-corrected chi connectivity index (χ1v) is 7.67. The van der Waals surface area contributed by atoms with Crippen LogP contribution < -0.4 is 10.2 Å². The number of nitrogens with one attached hydrogen (secondary N) is 1. The molecule has 1 atom stereocenters. The van der Waals surface area contributed by atoms with E-state index >= 15 is 0 Å². The van der Waals surface area contributed by atoms with Gasteiger partial charge in [0, 0.05) is 23.5 Å². The van der Waals surface area contributed by atoms with Crippen LogP contribution in [-0.4, -0.2) is 27.0 Å². The maximum absolute atomic E-state index is 5.44. The normalized spacial score (nSPS) is 16.1. The number of hydrogen-bond donors (Lipinski definition) is 1. The van der Waals surface area contributed by atoms with Crippen LogP contribution in [0.2, 0.25) is 0 Å². The van der Waals surface area contributed by atoms with Crippen molar-refractivity contribution in [3.63, 3.8) is 0 Å². The Morgan fingerprint density at radius 1 is 1.14 bits per heavy atom. The molecule has 0 aliphatic carbocycles. The van der Waals surface area contributed by atoms with Crippen molar-refractivity contribution in [3.8, 4) is 17.1 Å². The second kappa shape index (κ2) is 5.34. The predicted molar refractivity (Wildman–Crippen MR) is 84.2 cm³/mol. The zero-order chi connectivity index (χ0) is 14.9. The third-order valence-corrected chi connectivity index (χ3v) is 4.53. The second-order valence-electron chi connectivity index (χ2n) is 4.75. The maximum Gasteiger partial charge on any atom is 0.212 e. The lowest BCUT2D eigenvalue weighted by Gasteiger charge is -2.15. The van der Waals surface area contributed by atoms with Crippen molar-refractivity contribution in [2.75, 3.05) is 12.5 Å². The van der Waals surface area contributed by atoms with Crippen molar-refractivity contribution in [1.29, 1.82) is 0 Å². The van der Waals surface area contributed by atoms with Gasteiger partial charge in [0.25, 0.3) is 0 Å². The van der Waals surface area contributed by atoms with Crippen LogP contribution >= 0.6 is 11.8 Å². The molecule has 0 amide bonds. The van der Waals surface area contributed by atoms with Crippen molar-refractivity contribution in [2.24, 2.45) is 0 Å². The number of ether oxygens (including phenoxy) is 1. The first kappa shape index (κ1) is 13.1. The Kier molecular flexibility index (Phi) is 3.19. The number of pyridine rings is 1. The molecule has 6 nitrogen and oxygen atoms in total. The van der Waals surface area contributed by atoms with Crippen LogP contribution in [0.1, 0.15) is 10.9 Å². The minimum atomic E-state index is 0.0437. The van der Waals surface area contributed by atoms with Gasteiger partial charge in [-0.3, -0.25) is 4.98 Å². The van der Waals surface area contributed by atoms with Crippen molar-refractivity contribution in [2.45, 2.75) is 10.5 Å². The number of thioether (sulfide) groups is 1. The fourth-order valence-corrected chi connectivity index (χ4v) is 3.44. The fraction of sp³-hybridized carbons (Fsp3) is 0.133. The van der Waals surface area contributed by atoms with Crippen LogP contribution in [0.15, 0.2) is 53.9 Å². The molecule has 0 bridgehead atoms. The molecule has 0 fully saturated rings. The largest absolute Gasteiger partial charge is 0.496 e. The molecule has 4 rings (SSSR count). The Balaban J connectivity index is 1.68. The highest BCUT2D eigenvalue weighted by atomic mass is 32.2. The van der Waals surface area contributed by atoms with Crippen LogP contribution in [0.5, 0.6) is 5.75 Å². The number of methoxy groups -OCH3 is 1. The van der Waals surface area contributed by atoms with Crippen molar-refractivity contribution >= 4 is 11.8 Å². The summed E-state index contributed by atoms with van der Waals surface area (Å²) >= 11 is 1.62. The average molecular weight is 311 g/mol. The monoisotopic (exact) mass is 311 g/mol. The van der Waals surface area contributed by atoms with E-state index in [1.165, 1.54) is 0 Å². The summed E-state index contributed by atoms with van der Waals surface area (Å²) < 4.78 is 7.35. The molecule has 0 saturated carbocycles. The molecule has 0 spiro atoms. The molecule has 0 saturated heterocycles. The highest BCUT2D eigenvalue weighted by Crippen LogP contribution is 2.42. The predicted octanol–water partition coefficient (Wildman–Crippen LogP) is 2.70. The smallest absolute Gasteiger partial charge is 0.212 e. The maximum atomic E-state index is 5.44. The molecule has 3 heterocycles. The van der Waals surface area contributed by atoms with Gasteiger partial charge in [-0.2, -0.15) is 0 Å². The third-order valence-electron chi connectivity index (χ3n) is 3.46. The lowest BCUT2D eigenvalue weighted by atomic mass is 10.2. The minimum Gasteiger partial charge on any atom is -0.496 e. The van der Waals surface area contributed by atoms with Crippen LogP contribution in [-0.2, 0) is 0 Å². The molecule has 2 aromatic heterocycles. The first-order chi connectivity index (χ1) is 10.9. The number of para-hydroxylation sites is 1. The Labute approximate surface area is 131 Å². The quantitative estimate of drug-likeness (QED) is 0.802. The number of fused-ring (bicyclic) bond motifs is 1. The molecule has 1 aromatic carbocycles. The first-order valence-electron chi connectivity index (χ1n) is 6.79. The summed E-state index contributed by atoms with van der Waals surface area (Å²) in [6.45, 7) is 0. The number of benzene rings is 1. The Morgan fingerprint density at radius 2 is 1.95 bits per heavy atom. The number of aromatic nitrogens is 4. The van der Waals surface area contributed by atoms with Crippen molar-refractivity contribution in [1.82, 2.24) is 19.9 Å². The zero-order valence-electron chi connectivity index (χ0n) is 11.8. The summed E-state index contributed by atoms with van der Waals surface area (Å²) in [5, 5.41) is 9.39. The SMILES string of the molecule is COc1ccccc1C1Nn2c(nnc2-c2ccncc2)S1. The topological polar surface area (TPSA) is 64.9 Å². The summed E-state index contributed by atoms with van der Waals surface area (Å²) in [5.41, 5.74) is 5.49. The van der Waals surface area contributed by atoms with E-state index in [0.29, 0.717) is 0 Å². The number of nitrogens with zero attached hydrogens (tertiary/aromatic N) is 4. The van der Waals surface area contributed by atoms with Gasteiger partial charge in [-0.1, -0.05) is 30.0 Å². The van der Waals surface area contributed by atoms with Crippen LogP contribution in [0, 0.1) is 0 Å². The van der Waals surface area contributed by atoms with Gasteiger partial charge >= 0.3 is 0 Å². The molecular formula is C15H13N5OS. The molecule has 1 aliphatic heterocycles. The zero-order valence-corrected chi connectivity index (χ0v) is 12.6. The molecule has 7 heteroatoms. The van der Waals surface area contributed by atoms with Crippen molar-refractivity contribution < 1.29 is 4.74 Å². The summed E-state index contributed by atoms with van der Waals surface area (Å²) in [6.07, 6.45) is 3.49. The van der Waals surface area contributed by atoms with Crippen LogP contribution in [0.4, 0.5) is 0 Å². The molecule has 22 heavy (non-hydrogen) atoms. The standard InChI is InChI=1S/C15H13N5OS/c1-21-12-5-3-2-4-11(12)14-19-20-13(17-18-15(20)22-14)10-6-8-16-9-7-10/h2-9,14,19H,1H3. The minimum absolute atomic E-state index is 0.0437. The van der Waals surface area contributed by atoms with Gasteiger partial charge in [0.05, 0.1) is 7.11 Å². The van der Waals surface area contributed by atoms with E-state index in [4.69, 9.17) is 4.74 Å². The molecular weight excluding hydrogens is 298 g/mol. The van der Waals surface area contributed by atoms with Gasteiger partial charge in [-0.05, 0) is 18.2 Å². The molecule has 3 aromatic rings. The number of hydrogen-bond acceptors (Lipinski definition) is 6. The molecule has 0 radical (unpaired) electrons. The van der Waals surface area contributed by atoms with E-state index in [-0.39, 0.29) is 5.37 Å². The fourth-order valence-electron chi connectivity index (χ4n) is 2.42. The van der Waals surface area contributed by atoms with E-state index in [0.717, 1.165) is 27.9 Å². The van der Waals surface area contributed by atoms with Crippen molar-refractivity contribution in [3.05, 3.63) is 54.4 Å². The van der Waals surface area contributed by atoms with E-state index in [9.17, 15) is 0 Å². The summed E-state index contributed by atoms with van der Waals surface area (Å²) in [7, 11) is 1.68.